The highest BCUT2D eigenvalue weighted by Crippen LogP contribution is 2.35. The largest absolute Gasteiger partial charge is 0.494 e. The third-order valence-corrected chi connectivity index (χ3v) is 8.71. The van der Waals surface area contributed by atoms with Gasteiger partial charge in [0.1, 0.15) is 12.4 Å². The lowest BCUT2D eigenvalue weighted by molar-refractivity contribution is -0.384. The Morgan fingerprint density at radius 3 is 2.43 bits per heavy atom. The van der Waals surface area contributed by atoms with E-state index in [9.17, 15) is 19.7 Å². The molecule has 1 atom stereocenters. The van der Waals surface area contributed by atoms with Crippen molar-refractivity contribution in [3.8, 4) is 17.2 Å². The summed E-state index contributed by atoms with van der Waals surface area (Å²) < 4.78 is 25.6. The SMILES string of the molecule is CCOC(=O)C1=C(C)N=c2s/c(=C\c3cc(I)cc(OC)c3OCc3ccc([N+](=O)[O-])cc3)c(=O)n2[C@@H]1c1ccc(OCC)cc1. The van der Waals surface area contributed by atoms with Gasteiger partial charge in [0.15, 0.2) is 16.3 Å². The Kier molecular flexibility index (Phi) is 10.2. The van der Waals surface area contributed by atoms with E-state index < -0.39 is 16.9 Å². The summed E-state index contributed by atoms with van der Waals surface area (Å²) in [5, 5.41) is 11.1. The van der Waals surface area contributed by atoms with Gasteiger partial charge in [0.25, 0.3) is 11.2 Å². The number of thiazole rings is 1. The zero-order chi connectivity index (χ0) is 33.0. The molecule has 46 heavy (non-hydrogen) atoms. The van der Waals surface area contributed by atoms with Gasteiger partial charge in [-0.2, -0.15) is 0 Å². The number of allylic oxidation sites excluding steroid dienone is 1. The van der Waals surface area contributed by atoms with Crippen molar-refractivity contribution in [2.45, 2.75) is 33.4 Å². The summed E-state index contributed by atoms with van der Waals surface area (Å²) in [4.78, 5) is 43.1. The average Bonchev–Trinajstić information content (AvgIpc) is 3.34. The molecule has 13 heteroatoms. The van der Waals surface area contributed by atoms with E-state index in [0.29, 0.717) is 55.6 Å². The van der Waals surface area contributed by atoms with Gasteiger partial charge in [-0.25, -0.2) is 9.79 Å². The summed E-state index contributed by atoms with van der Waals surface area (Å²) in [6.07, 6.45) is 1.72. The van der Waals surface area contributed by atoms with Gasteiger partial charge in [-0.15, -0.1) is 0 Å². The number of methoxy groups -OCH3 is 1. The first kappa shape index (κ1) is 32.9. The summed E-state index contributed by atoms with van der Waals surface area (Å²) >= 11 is 3.36. The van der Waals surface area contributed by atoms with Crippen LogP contribution in [0.5, 0.6) is 17.2 Å². The average molecular weight is 756 g/mol. The van der Waals surface area contributed by atoms with Crippen LogP contribution in [-0.2, 0) is 16.1 Å². The molecule has 0 aliphatic carbocycles. The zero-order valence-corrected chi connectivity index (χ0v) is 28.4. The molecular weight excluding hydrogens is 725 g/mol. The molecule has 5 rings (SSSR count). The van der Waals surface area contributed by atoms with Crippen LogP contribution in [0.3, 0.4) is 0 Å². The molecule has 0 unspecified atom stereocenters. The van der Waals surface area contributed by atoms with Gasteiger partial charge in [0.2, 0.25) is 0 Å². The Hall–Kier alpha value is -4.50. The Morgan fingerprint density at radius 1 is 1.09 bits per heavy atom. The molecule has 0 saturated heterocycles. The maximum Gasteiger partial charge on any atom is 0.338 e. The number of carbonyl (C=O) groups is 1. The number of hydrogen-bond donors (Lipinski definition) is 0. The van der Waals surface area contributed by atoms with Crippen molar-refractivity contribution in [1.82, 2.24) is 4.57 Å². The van der Waals surface area contributed by atoms with Gasteiger partial charge >= 0.3 is 5.97 Å². The molecule has 0 N–H and O–H groups in total. The molecule has 0 saturated carbocycles. The summed E-state index contributed by atoms with van der Waals surface area (Å²) in [5.74, 6) is 0.992. The minimum atomic E-state index is -0.767. The van der Waals surface area contributed by atoms with E-state index in [4.69, 9.17) is 18.9 Å². The number of fused-ring (bicyclic) bond motifs is 1. The molecule has 3 aromatic carbocycles. The van der Waals surface area contributed by atoms with Crippen LogP contribution in [0.1, 0.15) is 43.5 Å². The van der Waals surface area contributed by atoms with Crippen molar-refractivity contribution < 1.29 is 28.7 Å². The topological polar surface area (TPSA) is 131 Å². The molecule has 238 valence electrons. The van der Waals surface area contributed by atoms with E-state index >= 15 is 0 Å². The van der Waals surface area contributed by atoms with E-state index in [1.165, 1.54) is 35.1 Å². The van der Waals surface area contributed by atoms with E-state index in [-0.39, 0.29) is 30.0 Å². The minimum Gasteiger partial charge on any atom is -0.494 e. The van der Waals surface area contributed by atoms with Gasteiger partial charge < -0.3 is 18.9 Å². The van der Waals surface area contributed by atoms with E-state index in [2.05, 4.69) is 27.6 Å². The van der Waals surface area contributed by atoms with Gasteiger partial charge in [0.05, 0.1) is 47.1 Å². The van der Waals surface area contributed by atoms with Crippen molar-refractivity contribution in [3.05, 3.63) is 122 Å². The van der Waals surface area contributed by atoms with Crippen molar-refractivity contribution in [2.75, 3.05) is 20.3 Å². The zero-order valence-electron chi connectivity index (χ0n) is 25.4. The Morgan fingerprint density at radius 2 is 1.80 bits per heavy atom. The van der Waals surface area contributed by atoms with Crippen LogP contribution >= 0.6 is 33.9 Å². The number of ether oxygens (including phenoxy) is 4. The third kappa shape index (κ3) is 6.84. The van der Waals surface area contributed by atoms with Gasteiger partial charge in [-0.1, -0.05) is 23.5 Å². The van der Waals surface area contributed by atoms with Gasteiger partial charge in [0, 0.05) is 21.3 Å². The summed E-state index contributed by atoms with van der Waals surface area (Å²) in [6, 6.07) is 16.3. The third-order valence-electron chi connectivity index (χ3n) is 7.11. The minimum absolute atomic E-state index is 0.0171. The quantitative estimate of drug-likeness (QED) is 0.0874. The van der Waals surface area contributed by atoms with E-state index in [1.54, 1.807) is 44.2 Å². The van der Waals surface area contributed by atoms with Crippen molar-refractivity contribution in [1.29, 1.82) is 0 Å². The molecule has 2 heterocycles. The number of rotatable bonds is 11. The predicted molar refractivity (Wildman–Crippen MR) is 181 cm³/mol. The smallest absolute Gasteiger partial charge is 0.338 e. The first-order valence-corrected chi connectivity index (χ1v) is 16.2. The van der Waals surface area contributed by atoms with Crippen LogP contribution < -0.4 is 29.1 Å². The number of nitro groups is 1. The summed E-state index contributed by atoms with van der Waals surface area (Å²) in [7, 11) is 1.53. The monoisotopic (exact) mass is 755 g/mol. The molecule has 0 radical (unpaired) electrons. The molecule has 0 amide bonds. The number of non-ortho nitro benzene ring substituents is 1. The van der Waals surface area contributed by atoms with Crippen LogP contribution in [0.25, 0.3) is 6.08 Å². The summed E-state index contributed by atoms with van der Waals surface area (Å²) in [6.45, 7) is 6.15. The number of esters is 1. The molecule has 1 aromatic heterocycles. The molecule has 4 aromatic rings. The highest BCUT2D eigenvalue weighted by atomic mass is 127. The molecule has 1 aliphatic rings. The standard InChI is InChI=1S/C33H30IN3O8S/c1-5-43-25-13-9-21(10-14-25)29-28(32(39)44-6-2)19(3)35-33-36(29)31(38)27(46-33)16-22-15-23(34)17-26(42-4)30(22)45-18-20-7-11-24(12-8-20)37(40)41/h7-17,29H,5-6,18H2,1-4H3/b27-16-/t29-/m1/s1. The number of aromatic nitrogens is 1. The Balaban J connectivity index is 1.62. The number of nitrogens with zero attached hydrogens (tertiary/aromatic N) is 3. The lowest BCUT2D eigenvalue weighted by Gasteiger charge is -2.24. The fraction of sp³-hybridized carbons (Fsp3) is 0.242. The van der Waals surface area contributed by atoms with E-state index in [0.717, 1.165) is 3.57 Å². The second kappa shape index (κ2) is 14.3. The molecule has 0 bridgehead atoms. The van der Waals surface area contributed by atoms with Gasteiger partial charge in [-0.05, 0) is 97.0 Å². The first-order valence-electron chi connectivity index (χ1n) is 14.3. The van der Waals surface area contributed by atoms with Crippen LogP contribution in [0.15, 0.2) is 81.7 Å². The highest BCUT2D eigenvalue weighted by Gasteiger charge is 2.33. The van der Waals surface area contributed by atoms with Crippen LogP contribution in [-0.4, -0.2) is 35.8 Å². The normalized spacial score (nSPS) is 14.4. The van der Waals surface area contributed by atoms with Crippen LogP contribution in [0.4, 0.5) is 5.69 Å². The molecular formula is C33H30IN3O8S. The number of benzene rings is 3. The number of halogens is 1. The summed E-state index contributed by atoms with van der Waals surface area (Å²) in [5.41, 5.74) is 2.41. The van der Waals surface area contributed by atoms with Crippen molar-refractivity contribution >= 4 is 51.7 Å². The van der Waals surface area contributed by atoms with Crippen LogP contribution in [0, 0.1) is 13.7 Å². The lowest BCUT2D eigenvalue weighted by atomic mass is 9.96. The van der Waals surface area contributed by atoms with Crippen molar-refractivity contribution in [2.24, 2.45) is 4.99 Å². The van der Waals surface area contributed by atoms with Crippen LogP contribution in [0.2, 0.25) is 0 Å². The molecule has 0 spiro atoms. The number of carbonyl (C=O) groups excluding carboxylic acids is 1. The van der Waals surface area contributed by atoms with E-state index in [1.807, 2.05) is 31.2 Å². The second-order valence-electron chi connectivity index (χ2n) is 10.0. The second-order valence-corrected chi connectivity index (χ2v) is 12.3. The molecule has 11 nitrogen and oxygen atoms in total. The predicted octanol–water partition coefficient (Wildman–Crippen LogP) is 5.30. The number of nitro benzene ring substituents is 1. The maximum atomic E-state index is 14.2. The Bertz CT molecular complexity index is 2000. The lowest BCUT2D eigenvalue weighted by Crippen LogP contribution is -2.39. The fourth-order valence-corrected chi connectivity index (χ4v) is 6.69. The molecule has 0 fully saturated rings. The highest BCUT2D eigenvalue weighted by molar-refractivity contribution is 14.1. The fourth-order valence-electron chi connectivity index (χ4n) is 5.03. The van der Waals surface area contributed by atoms with Crippen molar-refractivity contribution in [3.63, 3.8) is 0 Å². The maximum absolute atomic E-state index is 14.2. The molecule has 1 aliphatic heterocycles. The Labute approximate surface area is 281 Å². The number of hydrogen-bond acceptors (Lipinski definition) is 10. The first-order chi connectivity index (χ1) is 22.1. The van der Waals surface area contributed by atoms with Gasteiger partial charge in [-0.3, -0.25) is 19.5 Å².